The molecular weight excluding hydrogens is 334 g/mol. The Balaban J connectivity index is 1.88. The van der Waals surface area contributed by atoms with Gasteiger partial charge in [0.05, 0.1) is 0 Å². The third-order valence-electron chi connectivity index (χ3n) is 4.43. The molecule has 1 fully saturated rings. The number of halogens is 1. The number of hydrogen-bond acceptors (Lipinski definition) is 3. The SMILES string of the molecule is CC(C)(C)OC(=O)[C@@H]1N[C@@H](c2ccccc2)C[C@H]1c1ccc(Cl)cc1. The van der Waals surface area contributed by atoms with Gasteiger partial charge in [0.15, 0.2) is 0 Å². The van der Waals surface area contributed by atoms with E-state index in [0.29, 0.717) is 5.02 Å². The number of carbonyl (C=O) groups is 1. The van der Waals surface area contributed by atoms with E-state index in [0.717, 1.165) is 12.0 Å². The summed E-state index contributed by atoms with van der Waals surface area (Å²) in [5, 5.41) is 4.18. The molecule has 1 aliphatic heterocycles. The van der Waals surface area contributed by atoms with Crippen LogP contribution in [0.3, 0.4) is 0 Å². The first-order chi connectivity index (χ1) is 11.8. The minimum Gasteiger partial charge on any atom is -0.459 e. The van der Waals surface area contributed by atoms with Crippen LogP contribution in [0.5, 0.6) is 0 Å². The molecule has 0 radical (unpaired) electrons. The van der Waals surface area contributed by atoms with Gasteiger partial charge < -0.3 is 4.74 Å². The Bertz CT molecular complexity index is 722. The molecule has 0 bridgehead atoms. The fourth-order valence-corrected chi connectivity index (χ4v) is 3.47. The van der Waals surface area contributed by atoms with Gasteiger partial charge in [0.2, 0.25) is 0 Å². The van der Waals surface area contributed by atoms with E-state index in [2.05, 4.69) is 17.4 Å². The van der Waals surface area contributed by atoms with Crippen molar-refractivity contribution in [3.05, 3.63) is 70.7 Å². The normalized spacial score (nSPS) is 23.4. The van der Waals surface area contributed by atoms with Crippen molar-refractivity contribution in [1.29, 1.82) is 0 Å². The average Bonchev–Trinajstić information content (AvgIpc) is 3.00. The molecule has 0 unspecified atom stereocenters. The van der Waals surface area contributed by atoms with E-state index < -0.39 is 5.60 Å². The molecule has 132 valence electrons. The van der Waals surface area contributed by atoms with Crippen molar-refractivity contribution in [1.82, 2.24) is 5.32 Å². The summed E-state index contributed by atoms with van der Waals surface area (Å²) in [5.74, 6) is -0.150. The lowest BCUT2D eigenvalue weighted by molar-refractivity contribution is -0.157. The lowest BCUT2D eigenvalue weighted by atomic mass is 9.89. The molecule has 3 rings (SSSR count). The zero-order chi connectivity index (χ0) is 18.0. The van der Waals surface area contributed by atoms with E-state index in [1.807, 2.05) is 63.2 Å². The number of esters is 1. The lowest BCUT2D eigenvalue weighted by Crippen LogP contribution is -2.40. The highest BCUT2D eigenvalue weighted by atomic mass is 35.5. The van der Waals surface area contributed by atoms with Crippen molar-refractivity contribution in [3.8, 4) is 0 Å². The topological polar surface area (TPSA) is 38.3 Å². The predicted molar refractivity (Wildman–Crippen MR) is 101 cm³/mol. The maximum Gasteiger partial charge on any atom is 0.324 e. The maximum absolute atomic E-state index is 12.8. The Morgan fingerprint density at radius 3 is 2.28 bits per heavy atom. The predicted octanol–water partition coefficient (Wildman–Crippen LogP) is 4.87. The molecule has 1 N–H and O–H groups in total. The fourth-order valence-electron chi connectivity index (χ4n) is 3.34. The first-order valence-corrected chi connectivity index (χ1v) is 9.00. The third kappa shape index (κ3) is 4.42. The van der Waals surface area contributed by atoms with Crippen LogP contribution in [0.2, 0.25) is 5.02 Å². The number of benzene rings is 2. The smallest absolute Gasteiger partial charge is 0.324 e. The zero-order valence-electron chi connectivity index (χ0n) is 14.8. The highest BCUT2D eigenvalue weighted by Gasteiger charge is 2.41. The molecule has 4 heteroatoms. The molecule has 3 nitrogen and oxygen atoms in total. The summed E-state index contributed by atoms with van der Waals surface area (Å²) in [5.41, 5.74) is 1.78. The molecule has 0 aliphatic carbocycles. The molecule has 0 amide bonds. The quantitative estimate of drug-likeness (QED) is 0.796. The van der Waals surface area contributed by atoms with Gasteiger partial charge in [-0.3, -0.25) is 10.1 Å². The van der Waals surface area contributed by atoms with Gasteiger partial charge in [0.1, 0.15) is 11.6 Å². The Labute approximate surface area is 154 Å². The minimum absolute atomic E-state index is 0.0531. The Morgan fingerprint density at radius 1 is 1.04 bits per heavy atom. The first kappa shape index (κ1) is 18.0. The van der Waals surface area contributed by atoms with E-state index in [1.165, 1.54) is 5.56 Å². The molecule has 25 heavy (non-hydrogen) atoms. The largest absolute Gasteiger partial charge is 0.459 e. The van der Waals surface area contributed by atoms with Gasteiger partial charge in [-0.1, -0.05) is 54.1 Å². The van der Waals surface area contributed by atoms with Crippen LogP contribution in [-0.2, 0) is 9.53 Å². The molecule has 1 heterocycles. The summed E-state index contributed by atoms with van der Waals surface area (Å²) in [7, 11) is 0. The van der Waals surface area contributed by atoms with E-state index in [-0.39, 0.29) is 24.0 Å². The van der Waals surface area contributed by atoms with Gasteiger partial charge >= 0.3 is 5.97 Å². The first-order valence-electron chi connectivity index (χ1n) is 8.63. The second-order valence-electron chi connectivity index (χ2n) is 7.53. The van der Waals surface area contributed by atoms with Crippen molar-refractivity contribution >= 4 is 17.6 Å². The van der Waals surface area contributed by atoms with Crippen LogP contribution >= 0.6 is 11.6 Å². The zero-order valence-corrected chi connectivity index (χ0v) is 15.6. The maximum atomic E-state index is 12.8. The summed E-state index contributed by atoms with van der Waals surface area (Å²) < 4.78 is 5.65. The second kappa shape index (κ2) is 7.19. The van der Waals surface area contributed by atoms with Crippen LogP contribution in [0.4, 0.5) is 0 Å². The summed E-state index contributed by atoms with van der Waals surface area (Å²) in [4.78, 5) is 12.8. The second-order valence-corrected chi connectivity index (χ2v) is 7.97. The van der Waals surface area contributed by atoms with E-state index in [1.54, 1.807) is 0 Å². The van der Waals surface area contributed by atoms with E-state index >= 15 is 0 Å². The number of nitrogens with one attached hydrogen (secondary N) is 1. The molecule has 1 saturated heterocycles. The minimum atomic E-state index is -0.506. The molecule has 3 atom stereocenters. The average molecular weight is 358 g/mol. The Morgan fingerprint density at radius 2 is 1.68 bits per heavy atom. The van der Waals surface area contributed by atoms with Gasteiger partial charge in [-0.05, 0) is 50.5 Å². The van der Waals surface area contributed by atoms with Crippen molar-refractivity contribution in [3.63, 3.8) is 0 Å². The molecule has 1 aliphatic rings. The Hall–Kier alpha value is -1.84. The summed E-state index contributed by atoms with van der Waals surface area (Å²) >= 11 is 6.02. The summed E-state index contributed by atoms with van der Waals surface area (Å²) in [6.07, 6.45) is 0.843. The van der Waals surface area contributed by atoms with Gasteiger partial charge in [-0.2, -0.15) is 0 Å². The molecule has 0 saturated carbocycles. The van der Waals surface area contributed by atoms with Crippen LogP contribution in [0.1, 0.15) is 50.3 Å². The van der Waals surface area contributed by atoms with E-state index in [4.69, 9.17) is 16.3 Å². The fraction of sp³-hybridized carbons (Fsp3) is 0.381. The van der Waals surface area contributed by atoms with E-state index in [9.17, 15) is 4.79 Å². The standard InChI is InChI=1S/C21H24ClNO2/c1-21(2,3)25-20(24)19-17(14-9-11-16(22)12-10-14)13-18(23-19)15-7-5-4-6-8-15/h4-12,17-19,23H,13H2,1-3H3/t17-,18+,19+/m0/s1. The van der Waals surface area contributed by atoms with Crippen molar-refractivity contribution in [2.24, 2.45) is 0 Å². The number of carbonyl (C=O) groups excluding carboxylic acids is 1. The van der Waals surface area contributed by atoms with Gasteiger partial charge in [-0.25, -0.2) is 0 Å². The number of rotatable bonds is 3. The van der Waals surface area contributed by atoms with Gasteiger partial charge in [0.25, 0.3) is 0 Å². The molecule has 0 aromatic heterocycles. The third-order valence-corrected chi connectivity index (χ3v) is 4.69. The van der Waals surface area contributed by atoms with Gasteiger partial charge in [-0.15, -0.1) is 0 Å². The van der Waals surface area contributed by atoms with Crippen molar-refractivity contribution in [2.45, 2.75) is 50.8 Å². The van der Waals surface area contributed by atoms with Crippen LogP contribution in [0, 0.1) is 0 Å². The van der Waals surface area contributed by atoms with Crippen molar-refractivity contribution in [2.75, 3.05) is 0 Å². The molecule has 2 aromatic carbocycles. The van der Waals surface area contributed by atoms with Gasteiger partial charge in [0, 0.05) is 17.0 Å². The van der Waals surface area contributed by atoms with Crippen LogP contribution in [0.25, 0.3) is 0 Å². The number of hydrogen-bond donors (Lipinski definition) is 1. The molecule has 2 aromatic rings. The molecular formula is C21H24ClNO2. The Kier molecular flexibility index (Phi) is 5.16. The lowest BCUT2D eigenvalue weighted by Gasteiger charge is -2.25. The summed E-state index contributed by atoms with van der Waals surface area (Å²) in [6, 6.07) is 17.7. The van der Waals surface area contributed by atoms with Crippen molar-refractivity contribution < 1.29 is 9.53 Å². The highest BCUT2D eigenvalue weighted by Crippen LogP contribution is 2.39. The number of ether oxygens (including phenoxy) is 1. The van der Waals surface area contributed by atoms with Crippen LogP contribution < -0.4 is 5.32 Å². The summed E-state index contributed by atoms with van der Waals surface area (Å²) in [6.45, 7) is 5.68. The van der Waals surface area contributed by atoms with Crippen LogP contribution in [0.15, 0.2) is 54.6 Å². The van der Waals surface area contributed by atoms with Crippen LogP contribution in [-0.4, -0.2) is 17.6 Å². The monoisotopic (exact) mass is 357 g/mol. The molecule has 0 spiro atoms. The highest BCUT2D eigenvalue weighted by molar-refractivity contribution is 6.30.